The smallest absolute Gasteiger partial charge is 0.309 e. The van der Waals surface area contributed by atoms with Gasteiger partial charge < -0.3 is 40.4 Å². The van der Waals surface area contributed by atoms with Crippen molar-refractivity contribution in [1.82, 2.24) is 5.32 Å². The van der Waals surface area contributed by atoms with Gasteiger partial charge in [-0.2, -0.15) is 0 Å². The van der Waals surface area contributed by atoms with E-state index in [-0.39, 0.29) is 31.7 Å². The minimum absolute atomic E-state index is 0.0452. The van der Waals surface area contributed by atoms with Gasteiger partial charge in [0.2, 0.25) is 5.91 Å². The van der Waals surface area contributed by atoms with Crippen LogP contribution in [0.1, 0.15) is 31.7 Å². The maximum atomic E-state index is 12.3. The Kier molecular flexibility index (Phi) is 11.9. The molecule has 0 fully saturated rings. The van der Waals surface area contributed by atoms with Crippen LogP contribution in [0.3, 0.4) is 0 Å². The Morgan fingerprint density at radius 2 is 1.61 bits per heavy atom. The highest BCUT2D eigenvalue weighted by atomic mass is 16.5. The van der Waals surface area contributed by atoms with E-state index in [0.717, 1.165) is 5.56 Å². The second-order valence-electron chi connectivity index (χ2n) is 7.34. The number of Topliss-reactive ketones (excluding diaryl/α,β-unsaturated/α-hetero) is 1. The van der Waals surface area contributed by atoms with Crippen molar-refractivity contribution in [3.63, 3.8) is 0 Å². The number of carbonyl (C=O) groups is 3. The number of hydrogen-bond acceptors (Lipinski definition) is 9. The number of amides is 1. The Bertz CT molecular complexity index is 697. The summed E-state index contributed by atoms with van der Waals surface area (Å²) in [6, 6.07) is 9.01. The summed E-state index contributed by atoms with van der Waals surface area (Å²) >= 11 is 0. The van der Waals surface area contributed by atoms with Gasteiger partial charge in [-0.1, -0.05) is 30.3 Å². The molecule has 0 radical (unpaired) electrons. The number of benzene rings is 1. The summed E-state index contributed by atoms with van der Waals surface area (Å²) in [4.78, 5) is 35.8. The van der Waals surface area contributed by atoms with Gasteiger partial charge in [0.25, 0.3) is 0 Å². The van der Waals surface area contributed by atoms with Crippen molar-refractivity contribution >= 4 is 17.7 Å². The average Bonchev–Trinajstić information content (AvgIpc) is 2.77. The quantitative estimate of drug-likeness (QED) is 0.191. The van der Waals surface area contributed by atoms with Crippen LogP contribution in [-0.2, 0) is 25.7 Å². The molecule has 6 N–H and O–H groups in total. The van der Waals surface area contributed by atoms with Crippen LogP contribution in [0.2, 0.25) is 0 Å². The number of ketones is 1. The molecule has 10 nitrogen and oxygen atoms in total. The fourth-order valence-corrected chi connectivity index (χ4v) is 2.79. The molecule has 0 saturated carbocycles. The highest BCUT2D eigenvalue weighted by Gasteiger charge is 2.30. The first-order valence-electron chi connectivity index (χ1n) is 9.95. The molecular formula is C21H31NO9. The third-order valence-electron chi connectivity index (χ3n) is 4.64. The van der Waals surface area contributed by atoms with Crippen molar-refractivity contribution in [3.05, 3.63) is 35.9 Å². The zero-order valence-electron chi connectivity index (χ0n) is 17.4. The molecular weight excluding hydrogens is 410 g/mol. The fourth-order valence-electron chi connectivity index (χ4n) is 2.79. The zero-order valence-corrected chi connectivity index (χ0v) is 17.4. The number of rotatable bonds is 14. The fraction of sp³-hybridized carbons (Fsp3) is 0.571. The molecule has 1 amide bonds. The molecule has 0 aromatic heterocycles. The normalized spacial score (nSPS) is 15.9. The number of aliphatic hydroxyl groups excluding tert-OH is 5. The molecule has 1 aromatic carbocycles. The van der Waals surface area contributed by atoms with E-state index in [1.807, 2.05) is 6.07 Å². The molecule has 10 heteroatoms. The molecule has 0 spiro atoms. The van der Waals surface area contributed by atoms with Crippen LogP contribution in [-0.4, -0.2) is 80.8 Å². The molecule has 174 valence electrons. The molecule has 1 rings (SSSR count). The second-order valence-corrected chi connectivity index (χ2v) is 7.34. The van der Waals surface area contributed by atoms with E-state index in [1.165, 1.54) is 6.92 Å². The van der Waals surface area contributed by atoms with Crippen LogP contribution in [0.15, 0.2) is 30.3 Å². The van der Waals surface area contributed by atoms with Crippen LogP contribution in [0.25, 0.3) is 0 Å². The SMILES string of the molecule is CC(=O)C[C@@H](CCC(=O)NC[C@H](O)[C@@H](O)[C@H](O)[C@H](O)CO)C(=O)OCc1ccccc1. The minimum Gasteiger partial charge on any atom is -0.461 e. The zero-order chi connectivity index (χ0) is 23.4. The van der Waals surface area contributed by atoms with Gasteiger partial charge in [-0.3, -0.25) is 9.59 Å². The number of ether oxygens (including phenoxy) is 1. The summed E-state index contributed by atoms with van der Waals surface area (Å²) in [5, 5.41) is 49.5. The van der Waals surface area contributed by atoms with Crippen LogP contribution >= 0.6 is 0 Å². The molecule has 0 heterocycles. The van der Waals surface area contributed by atoms with Gasteiger partial charge in [0.15, 0.2) is 0 Å². The van der Waals surface area contributed by atoms with E-state index in [0.29, 0.717) is 0 Å². The lowest BCUT2D eigenvalue weighted by molar-refractivity contribution is -0.151. The highest BCUT2D eigenvalue weighted by Crippen LogP contribution is 2.16. The van der Waals surface area contributed by atoms with Gasteiger partial charge in [-0.05, 0) is 18.9 Å². The Morgan fingerprint density at radius 1 is 1.00 bits per heavy atom. The summed E-state index contributed by atoms with van der Waals surface area (Å²) in [7, 11) is 0. The monoisotopic (exact) mass is 441 g/mol. The molecule has 0 unspecified atom stereocenters. The minimum atomic E-state index is -1.80. The molecule has 0 bridgehead atoms. The van der Waals surface area contributed by atoms with E-state index in [2.05, 4.69) is 5.32 Å². The topological polar surface area (TPSA) is 174 Å². The number of hydrogen-bond donors (Lipinski definition) is 6. The summed E-state index contributed by atoms with van der Waals surface area (Å²) in [5.41, 5.74) is 0.788. The van der Waals surface area contributed by atoms with Crippen LogP contribution < -0.4 is 5.32 Å². The van der Waals surface area contributed by atoms with Gasteiger partial charge in [0.1, 0.15) is 30.7 Å². The molecule has 31 heavy (non-hydrogen) atoms. The summed E-state index contributed by atoms with van der Waals surface area (Å²) in [6.07, 6.45) is -6.99. The van der Waals surface area contributed by atoms with Crippen molar-refractivity contribution in [3.8, 4) is 0 Å². The lowest BCUT2D eigenvalue weighted by Crippen LogP contribution is -2.49. The van der Waals surface area contributed by atoms with Crippen LogP contribution in [0.5, 0.6) is 0 Å². The Morgan fingerprint density at radius 3 is 2.19 bits per heavy atom. The standard InChI is InChI=1S/C21H31NO9/c1-13(24)9-15(21(30)31-12-14-5-3-2-4-6-14)7-8-18(27)22-10-16(25)19(28)20(29)17(26)11-23/h2-6,15-17,19-20,23,25-26,28-29H,7-12H2,1H3,(H,22,27)/t15-,16+,17-,19-,20-/m1/s1. The van der Waals surface area contributed by atoms with E-state index in [4.69, 9.17) is 9.84 Å². The van der Waals surface area contributed by atoms with Crippen molar-refractivity contribution in [1.29, 1.82) is 0 Å². The van der Waals surface area contributed by atoms with Crippen molar-refractivity contribution < 1.29 is 44.7 Å². The molecule has 0 aliphatic carbocycles. The van der Waals surface area contributed by atoms with E-state index in [9.17, 15) is 34.8 Å². The molecule has 0 aliphatic heterocycles. The summed E-state index contributed by atoms with van der Waals surface area (Å²) in [5.74, 6) is -2.17. The van der Waals surface area contributed by atoms with E-state index in [1.54, 1.807) is 24.3 Å². The Labute approximate surface area is 180 Å². The predicted octanol–water partition coefficient (Wildman–Crippen LogP) is -1.34. The Hall–Kier alpha value is -2.37. The third kappa shape index (κ3) is 9.99. The Balaban J connectivity index is 2.49. The first-order chi connectivity index (χ1) is 14.6. The van der Waals surface area contributed by atoms with Gasteiger partial charge in [-0.15, -0.1) is 0 Å². The maximum Gasteiger partial charge on any atom is 0.309 e. The van der Waals surface area contributed by atoms with Crippen molar-refractivity contribution in [2.45, 2.75) is 57.2 Å². The number of aliphatic hydroxyl groups is 5. The van der Waals surface area contributed by atoms with E-state index < -0.39 is 55.4 Å². The van der Waals surface area contributed by atoms with Crippen LogP contribution in [0, 0.1) is 5.92 Å². The number of esters is 1. The number of nitrogens with one attached hydrogen (secondary N) is 1. The lowest BCUT2D eigenvalue weighted by atomic mass is 9.97. The van der Waals surface area contributed by atoms with Crippen molar-refractivity contribution in [2.24, 2.45) is 5.92 Å². The second kappa shape index (κ2) is 13.8. The number of carbonyl (C=O) groups excluding carboxylic acids is 3. The van der Waals surface area contributed by atoms with Gasteiger partial charge in [0, 0.05) is 19.4 Å². The first kappa shape index (κ1) is 26.7. The summed E-state index contributed by atoms with van der Waals surface area (Å²) in [6.45, 7) is 0.147. The van der Waals surface area contributed by atoms with Crippen LogP contribution in [0.4, 0.5) is 0 Å². The highest BCUT2D eigenvalue weighted by molar-refractivity contribution is 5.83. The van der Waals surface area contributed by atoms with E-state index >= 15 is 0 Å². The van der Waals surface area contributed by atoms with Gasteiger partial charge in [0.05, 0.1) is 18.6 Å². The average molecular weight is 441 g/mol. The van der Waals surface area contributed by atoms with Crippen molar-refractivity contribution in [2.75, 3.05) is 13.2 Å². The first-order valence-corrected chi connectivity index (χ1v) is 9.95. The maximum absolute atomic E-state index is 12.3. The molecule has 5 atom stereocenters. The van der Waals surface area contributed by atoms with Gasteiger partial charge in [-0.25, -0.2) is 0 Å². The molecule has 1 aromatic rings. The summed E-state index contributed by atoms with van der Waals surface area (Å²) < 4.78 is 5.24. The third-order valence-corrected chi connectivity index (χ3v) is 4.64. The lowest BCUT2D eigenvalue weighted by Gasteiger charge is -2.25. The molecule has 0 saturated heterocycles. The molecule has 0 aliphatic rings. The van der Waals surface area contributed by atoms with Gasteiger partial charge >= 0.3 is 5.97 Å². The predicted molar refractivity (Wildman–Crippen MR) is 108 cm³/mol. The largest absolute Gasteiger partial charge is 0.461 e.